The van der Waals surface area contributed by atoms with Crippen LogP contribution in [0.5, 0.6) is 0 Å². The first-order chi connectivity index (χ1) is 11.5. The molecule has 24 heavy (non-hydrogen) atoms. The smallest absolute Gasteiger partial charge is 0.341 e. The van der Waals surface area contributed by atoms with Crippen LogP contribution in [0.2, 0.25) is 0 Å². The molecule has 2 atom stereocenters. The molecular weight excluding hydrogens is 320 g/mol. The summed E-state index contributed by atoms with van der Waals surface area (Å²) in [5.41, 5.74) is -0.511. The monoisotopic (exact) mass is 337 g/mol. The number of hydrogen-bond acceptors (Lipinski definition) is 4. The summed E-state index contributed by atoms with van der Waals surface area (Å²) in [4.78, 5) is 37.4. The van der Waals surface area contributed by atoms with Gasteiger partial charge in [-0.1, -0.05) is 12.8 Å². The second-order valence-corrected chi connectivity index (χ2v) is 6.09. The van der Waals surface area contributed by atoms with Gasteiger partial charge in [0.05, 0.1) is 23.9 Å². The summed E-state index contributed by atoms with van der Waals surface area (Å²) in [7, 11) is 0. The van der Waals surface area contributed by atoms with Crippen LogP contribution >= 0.6 is 0 Å². The molecule has 1 aliphatic carbocycles. The second kappa shape index (κ2) is 6.67. The lowest BCUT2D eigenvalue weighted by molar-refractivity contribution is -0.140. The number of nitrogens with zero attached hydrogens (tertiary/aromatic N) is 1. The Bertz CT molecular complexity index is 667. The lowest BCUT2D eigenvalue weighted by atomic mass is 9.81. The summed E-state index contributed by atoms with van der Waals surface area (Å²) in [6.45, 7) is -0.306. The van der Waals surface area contributed by atoms with Crippen molar-refractivity contribution in [3.8, 4) is 0 Å². The summed E-state index contributed by atoms with van der Waals surface area (Å²) in [5.74, 6) is -3.64. The van der Waals surface area contributed by atoms with Gasteiger partial charge in [-0.05, 0) is 31.0 Å². The molecule has 0 aromatic heterocycles. The van der Waals surface area contributed by atoms with E-state index in [1.54, 1.807) is 0 Å². The van der Waals surface area contributed by atoms with Gasteiger partial charge in [0.2, 0.25) is 11.8 Å². The average Bonchev–Trinajstić information content (AvgIpc) is 2.82. The Hall–Kier alpha value is -2.31. The van der Waals surface area contributed by atoms with Crippen LogP contribution in [0, 0.1) is 23.5 Å². The molecule has 1 saturated heterocycles. The van der Waals surface area contributed by atoms with Crippen LogP contribution in [-0.2, 0) is 14.3 Å². The minimum absolute atomic E-state index is 0.0622. The van der Waals surface area contributed by atoms with Crippen molar-refractivity contribution < 1.29 is 27.9 Å². The Balaban J connectivity index is 1.58. The number of likely N-dealkylation sites (tertiary alicyclic amines) is 1. The maximum absolute atomic E-state index is 13.5. The molecular formula is C17H17F2NO4. The summed E-state index contributed by atoms with van der Waals surface area (Å²) in [5, 5.41) is 0. The Labute approximate surface area is 137 Å². The van der Waals surface area contributed by atoms with E-state index in [2.05, 4.69) is 0 Å². The van der Waals surface area contributed by atoms with Gasteiger partial charge in [-0.25, -0.2) is 13.6 Å². The maximum Gasteiger partial charge on any atom is 0.341 e. The highest BCUT2D eigenvalue weighted by Gasteiger charge is 2.47. The predicted molar refractivity (Wildman–Crippen MR) is 78.8 cm³/mol. The first-order valence-electron chi connectivity index (χ1n) is 7.96. The first-order valence-corrected chi connectivity index (χ1v) is 7.96. The van der Waals surface area contributed by atoms with Crippen molar-refractivity contribution >= 4 is 17.8 Å². The Kier molecular flexibility index (Phi) is 4.59. The van der Waals surface area contributed by atoms with Gasteiger partial charge in [0, 0.05) is 0 Å². The normalized spacial score (nSPS) is 23.3. The number of carbonyl (C=O) groups excluding carboxylic acids is 3. The third-order valence-electron chi connectivity index (χ3n) is 4.63. The van der Waals surface area contributed by atoms with Crippen molar-refractivity contribution in [3.63, 3.8) is 0 Å². The van der Waals surface area contributed by atoms with Gasteiger partial charge in [0.15, 0.2) is 0 Å². The molecule has 1 aromatic carbocycles. The van der Waals surface area contributed by atoms with Gasteiger partial charge in [-0.15, -0.1) is 0 Å². The number of esters is 1. The highest BCUT2D eigenvalue weighted by molar-refractivity contribution is 6.05. The van der Waals surface area contributed by atoms with E-state index in [0.29, 0.717) is 12.8 Å². The van der Waals surface area contributed by atoms with Gasteiger partial charge in [0.25, 0.3) is 0 Å². The molecule has 2 amide bonds. The SMILES string of the molecule is O=C(OCCN1C(=O)[C@H]2CCCC[C@H]2C1=O)c1cc(F)ccc1F. The van der Waals surface area contributed by atoms with E-state index in [1.165, 1.54) is 0 Å². The van der Waals surface area contributed by atoms with Crippen molar-refractivity contribution in [1.29, 1.82) is 0 Å². The van der Waals surface area contributed by atoms with Gasteiger partial charge >= 0.3 is 5.97 Å². The van der Waals surface area contributed by atoms with Crippen LogP contribution < -0.4 is 0 Å². The molecule has 2 fully saturated rings. The maximum atomic E-state index is 13.5. The summed E-state index contributed by atoms with van der Waals surface area (Å²) < 4.78 is 31.4. The number of benzene rings is 1. The number of rotatable bonds is 4. The van der Waals surface area contributed by atoms with E-state index in [-0.39, 0.29) is 36.8 Å². The van der Waals surface area contributed by atoms with Crippen molar-refractivity contribution in [2.75, 3.05) is 13.2 Å². The van der Waals surface area contributed by atoms with Crippen molar-refractivity contribution in [1.82, 2.24) is 4.90 Å². The largest absolute Gasteiger partial charge is 0.460 e. The Morgan fingerprint density at radius 2 is 1.75 bits per heavy atom. The molecule has 0 unspecified atom stereocenters. The van der Waals surface area contributed by atoms with Gasteiger partial charge in [-0.2, -0.15) is 0 Å². The van der Waals surface area contributed by atoms with Crippen molar-refractivity contribution in [2.24, 2.45) is 11.8 Å². The summed E-state index contributed by atoms with van der Waals surface area (Å²) in [6.07, 6.45) is 3.28. The molecule has 1 saturated carbocycles. The van der Waals surface area contributed by atoms with Gasteiger partial charge in [0.1, 0.15) is 18.2 Å². The topological polar surface area (TPSA) is 63.7 Å². The van der Waals surface area contributed by atoms with Gasteiger partial charge < -0.3 is 4.74 Å². The third-order valence-corrected chi connectivity index (χ3v) is 4.63. The zero-order valence-corrected chi connectivity index (χ0v) is 13.0. The quantitative estimate of drug-likeness (QED) is 0.625. The van der Waals surface area contributed by atoms with Crippen molar-refractivity contribution in [3.05, 3.63) is 35.4 Å². The molecule has 1 aliphatic heterocycles. The number of imide groups is 1. The van der Waals surface area contributed by atoms with Crippen molar-refractivity contribution in [2.45, 2.75) is 25.7 Å². The Morgan fingerprint density at radius 3 is 2.38 bits per heavy atom. The zero-order valence-electron chi connectivity index (χ0n) is 13.0. The lowest BCUT2D eigenvalue weighted by Crippen LogP contribution is -2.34. The Morgan fingerprint density at radius 1 is 1.12 bits per heavy atom. The number of amides is 2. The van der Waals surface area contributed by atoms with Crippen LogP contribution in [0.3, 0.4) is 0 Å². The van der Waals surface area contributed by atoms with Gasteiger partial charge in [-0.3, -0.25) is 14.5 Å². The molecule has 1 heterocycles. The highest BCUT2D eigenvalue weighted by Crippen LogP contribution is 2.37. The minimum Gasteiger partial charge on any atom is -0.460 e. The summed E-state index contributed by atoms with van der Waals surface area (Å²) >= 11 is 0. The van der Waals surface area contributed by atoms with E-state index in [0.717, 1.165) is 35.9 Å². The van der Waals surface area contributed by atoms with E-state index < -0.39 is 23.2 Å². The molecule has 2 aliphatic rings. The van der Waals surface area contributed by atoms with Crippen LogP contribution in [0.15, 0.2) is 18.2 Å². The molecule has 0 radical (unpaired) electrons. The molecule has 3 rings (SSSR count). The fraction of sp³-hybridized carbons (Fsp3) is 0.471. The first kappa shape index (κ1) is 16.5. The number of carbonyl (C=O) groups is 3. The number of fused-ring (bicyclic) bond motifs is 1. The average molecular weight is 337 g/mol. The standard InChI is InChI=1S/C17H17F2NO4/c18-10-5-6-14(19)13(9-10)17(23)24-8-7-20-15(21)11-3-1-2-4-12(11)16(20)22/h5-6,9,11-12H,1-4,7-8H2/t11-,12+. The van der Waals surface area contributed by atoms with Crippen LogP contribution in [-0.4, -0.2) is 35.8 Å². The molecule has 0 N–H and O–H groups in total. The molecule has 128 valence electrons. The highest BCUT2D eigenvalue weighted by atomic mass is 19.1. The number of halogens is 2. The third kappa shape index (κ3) is 3.02. The molecule has 0 spiro atoms. The molecule has 7 heteroatoms. The zero-order chi connectivity index (χ0) is 17.3. The molecule has 0 bridgehead atoms. The van der Waals surface area contributed by atoms with Crippen LogP contribution in [0.1, 0.15) is 36.0 Å². The minimum atomic E-state index is -1.02. The lowest BCUT2D eigenvalue weighted by Gasteiger charge is -2.19. The fourth-order valence-corrected chi connectivity index (χ4v) is 3.41. The van der Waals surface area contributed by atoms with E-state index in [9.17, 15) is 23.2 Å². The fourth-order valence-electron chi connectivity index (χ4n) is 3.41. The van der Waals surface area contributed by atoms with E-state index in [4.69, 9.17) is 4.74 Å². The van der Waals surface area contributed by atoms with E-state index >= 15 is 0 Å². The molecule has 5 nitrogen and oxygen atoms in total. The summed E-state index contributed by atoms with van der Waals surface area (Å²) in [6, 6.07) is 2.48. The second-order valence-electron chi connectivity index (χ2n) is 6.09. The van der Waals surface area contributed by atoms with E-state index in [1.807, 2.05) is 0 Å². The van der Waals surface area contributed by atoms with Crippen LogP contribution in [0.25, 0.3) is 0 Å². The predicted octanol–water partition coefficient (Wildman–Crippen LogP) is 2.30. The molecule has 1 aromatic rings. The number of hydrogen-bond donors (Lipinski definition) is 0. The van der Waals surface area contributed by atoms with Crippen LogP contribution in [0.4, 0.5) is 8.78 Å². The number of ether oxygens (including phenoxy) is 1.